The van der Waals surface area contributed by atoms with E-state index in [2.05, 4.69) is 22.5 Å². The third-order valence-corrected chi connectivity index (χ3v) is 1.27. The van der Waals surface area contributed by atoms with Crippen molar-refractivity contribution in [3.8, 4) is 0 Å². The van der Waals surface area contributed by atoms with Crippen LogP contribution in [0.1, 0.15) is 19.3 Å². The topological polar surface area (TPSA) is 43.1 Å². The van der Waals surface area contributed by atoms with Gasteiger partial charge in [0.1, 0.15) is 0 Å². The number of hydrogen-bond acceptors (Lipinski definition) is 1. The van der Waals surface area contributed by atoms with Gasteiger partial charge < -0.3 is 5.73 Å². The lowest BCUT2D eigenvalue weighted by atomic mass is 10.2. The van der Waals surface area contributed by atoms with E-state index in [1.54, 1.807) is 0 Å². The van der Waals surface area contributed by atoms with E-state index in [1.165, 1.54) is 0 Å². The molecule has 0 aromatic rings. The Labute approximate surface area is 63.2 Å². The highest BCUT2D eigenvalue weighted by molar-refractivity contribution is 9.11. The number of halogens is 1. The molecule has 0 radical (unpaired) electrons. The molecule has 0 fully saturated rings. The van der Waals surface area contributed by atoms with Crippen molar-refractivity contribution in [3.63, 3.8) is 0 Å². The smallest absolute Gasteiger partial charge is 0.217 e. The van der Waals surface area contributed by atoms with Crippen molar-refractivity contribution in [1.29, 1.82) is 0 Å². The number of hydrogen-bond donors (Lipinski definition) is 1. The molecule has 3 heteroatoms. The summed E-state index contributed by atoms with van der Waals surface area (Å²) >= 11 is 3.18. The molecule has 1 amide bonds. The molecule has 0 aromatic heterocycles. The van der Waals surface area contributed by atoms with Gasteiger partial charge in [-0.1, -0.05) is 22.5 Å². The molecule has 2 nitrogen and oxygen atoms in total. The molecule has 0 bridgehead atoms. The highest BCUT2D eigenvalue weighted by Crippen LogP contribution is 2.10. The van der Waals surface area contributed by atoms with Crippen molar-refractivity contribution in [2.24, 2.45) is 5.73 Å². The van der Waals surface area contributed by atoms with E-state index in [-0.39, 0.29) is 5.91 Å². The number of amides is 1. The van der Waals surface area contributed by atoms with E-state index < -0.39 is 0 Å². The molecule has 0 heterocycles. The first kappa shape index (κ1) is 8.69. The summed E-state index contributed by atoms with van der Waals surface area (Å²) in [6.07, 6.45) is 2.06. The summed E-state index contributed by atoms with van der Waals surface area (Å²) in [4.78, 5) is 10.2. The lowest BCUT2D eigenvalue weighted by Gasteiger charge is -1.93. The number of carbonyl (C=O) groups is 1. The Morgan fingerprint density at radius 3 is 2.44 bits per heavy atom. The van der Waals surface area contributed by atoms with Gasteiger partial charge in [0.15, 0.2) is 0 Å². The Morgan fingerprint density at radius 2 is 2.11 bits per heavy atom. The minimum Gasteiger partial charge on any atom is -0.370 e. The van der Waals surface area contributed by atoms with Crippen molar-refractivity contribution in [2.45, 2.75) is 19.3 Å². The molecule has 0 saturated heterocycles. The third kappa shape index (κ3) is 7.69. The van der Waals surface area contributed by atoms with Crippen molar-refractivity contribution in [2.75, 3.05) is 0 Å². The fraction of sp³-hybridized carbons (Fsp3) is 0.500. The standard InChI is InChI=1S/C6H10BrNO/c1-5(7)3-2-4-6(8)9/h1-4H2,(H2,8,9). The van der Waals surface area contributed by atoms with E-state index in [9.17, 15) is 4.79 Å². The largest absolute Gasteiger partial charge is 0.370 e. The van der Waals surface area contributed by atoms with Crippen LogP contribution >= 0.6 is 15.9 Å². The van der Waals surface area contributed by atoms with E-state index in [0.29, 0.717) is 6.42 Å². The van der Waals surface area contributed by atoms with E-state index in [1.807, 2.05) is 0 Å². The van der Waals surface area contributed by atoms with Crippen LogP contribution in [0, 0.1) is 0 Å². The summed E-state index contributed by atoms with van der Waals surface area (Å²) in [5, 5.41) is 0. The van der Waals surface area contributed by atoms with Gasteiger partial charge in [-0.3, -0.25) is 4.79 Å². The highest BCUT2D eigenvalue weighted by atomic mass is 79.9. The lowest BCUT2D eigenvalue weighted by Crippen LogP contribution is -2.09. The van der Waals surface area contributed by atoms with E-state index in [4.69, 9.17) is 5.73 Å². The Kier molecular flexibility index (Phi) is 4.40. The zero-order valence-electron chi connectivity index (χ0n) is 5.19. The minimum absolute atomic E-state index is 0.247. The van der Waals surface area contributed by atoms with Crippen LogP contribution in [-0.2, 0) is 4.79 Å². The average molecular weight is 192 g/mol. The first-order chi connectivity index (χ1) is 4.13. The molecule has 0 spiro atoms. The Morgan fingerprint density at radius 1 is 1.56 bits per heavy atom. The van der Waals surface area contributed by atoms with Crippen molar-refractivity contribution in [1.82, 2.24) is 0 Å². The first-order valence-corrected chi connectivity index (χ1v) is 3.54. The molecule has 52 valence electrons. The predicted molar refractivity (Wildman–Crippen MR) is 41.1 cm³/mol. The van der Waals surface area contributed by atoms with Gasteiger partial charge in [-0.25, -0.2) is 0 Å². The molecular formula is C6H10BrNO. The van der Waals surface area contributed by atoms with Gasteiger partial charge in [-0.05, 0) is 17.3 Å². The molecule has 9 heavy (non-hydrogen) atoms. The van der Waals surface area contributed by atoms with E-state index >= 15 is 0 Å². The summed E-state index contributed by atoms with van der Waals surface area (Å²) in [5.74, 6) is -0.247. The van der Waals surface area contributed by atoms with Crippen LogP contribution in [0.25, 0.3) is 0 Å². The molecule has 0 saturated carbocycles. The van der Waals surface area contributed by atoms with Gasteiger partial charge in [0.2, 0.25) is 5.91 Å². The summed E-state index contributed by atoms with van der Waals surface area (Å²) in [5.41, 5.74) is 4.89. The van der Waals surface area contributed by atoms with Gasteiger partial charge in [0.25, 0.3) is 0 Å². The number of carbonyl (C=O) groups excluding carboxylic acids is 1. The normalized spacial score (nSPS) is 9.00. The third-order valence-electron chi connectivity index (χ3n) is 0.871. The van der Waals surface area contributed by atoms with E-state index in [0.717, 1.165) is 17.3 Å². The second kappa shape index (κ2) is 4.56. The maximum atomic E-state index is 10.2. The zero-order chi connectivity index (χ0) is 7.28. The van der Waals surface area contributed by atoms with Crippen LogP contribution in [0.4, 0.5) is 0 Å². The molecule has 0 unspecified atom stereocenters. The van der Waals surface area contributed by atoms with Crippen LogP contribution in [0.2, 0.25) is 0 Å². The summed E-state index contributed by atoms with van der Waals surface area (Å²) < 4.78 is 0.920. The molecule has 2 N–H and O–H groups in total. The Bertz CT molecular complexity index is 108. The number of rotatable bonds is 4. The van der Waals surface area contributed by atoms with Gasteiger partial charge in [-0.15, -0.1) is 0 Å². The molecule has 0 aliphatic heterocycles. The fourth-order valence-electron chi connectivity index (χ4n) is 0.454. The molecule has 0 atom stereocenters. The summed E-state index contributed by atoms with van der Waals surface area (Å²) in [6, 6.07) is 0. The van der Waals surface area contributed by atoms with Crippen LogP contribution in [0.3, 0.4) is 0 Å². The quantitative estimate of drug-likeness (QED) is 0.721. The fourth-order valence-corrected chi connectivity index (χ4v) is 0.735. The first-order valence-electron chi connectivity index (χ1n) is 2.74. The van der Waals surface area contributed by atoms with Crippen LogP contribution in [0.15, 0.2) is 11.1 Å². The second-order valence-corrected chi connectivity index (χ2v) is 2.96. The Hall–Kier alpha value is -0.310. The lowest BCUT2D eigenvalue weighted by molar-refractivity contribution is -0.118. The van der Waals surface area contributed by atoms with Crippen molar-refractivity contribution >= 4 is 21.8 Å². The molecule has 0 aliphatic rings. The number of allylic oxidation sites excluding steroid dienone is 1. The molecule has 0 aromatic carbocycles. The minimum atomic E-state index is -0.247. The average Bonchev–Trinajstić information content (AvgIpc) is 1.63. The molecule has 0 rings (SSSR count). The number of primary amides is 1. The summed E-state index contributed by atoms with van der Waals surface area (Å²) in [6.45, 7) is 3.62. The highest BCUT2D eigenvalue weighted by Gasteiger charge is 1.93. The maximum absolute atomic E-state index is 10.2. The Balaban J connectivity index is 3.10. The van der Waals surface area contributed by atoms with Gasteiger partial charge in [-0.2, -0.15) is 0 Å². The van der Waals surface area contributed by atoms with Crippen LogP contribution in [0.5, 0.6) is 0 Å². The maximum Gasteiger partial charge on any atom is 0.217 e. The SMILES string of the molecule is C=C(Br)CCCC(N)=O. The molecular weight excluding hydrogens is 182 g/mol. The zero-order valence-corrected chi connectivity index (χ0v) is 6.78. The monoisotopic (exact) mass is 191 g/mol. The van der Waals surface area contributed by atoms with Crippen molar-refractivity contribution in [3.05, 3.63) is 11.1 Å². The second-order valence-electron chi connectivity index (χ2n) is 1.84. The van der Waals surface area contributed by atoms with Gasteiger partial charge >= 0.3 is 0 Å². The van der Waals surface area contributed by atoms with Crippen molar-refractivity contribution < 1.29 is 4.79 Å². The number of nitrogens with two attached hydrogens (primary N) is 1. The van der Waals surface area contributed by atoms with Gasteiger partial charge in [0.05, 0.1) is 0 Å². The predicted octanol–water partition coefficient (Wildman–Crippen LogP) is 1.55. The molecule has 0 aliphatic carbocycles. The summed E-state index contributed by atoms with van der Waals surface area (Å²) in [7, 11) is 0. The van der Waals surface area contributed by atoms with Crippen LogP contribution in [-0.4, -0.2) is 5.91 Å². The van der Waals surface area contributed by atoms with Gasteiger partial charge in [0, 0.05) is 6.42 Å². The van der Waals surface area contributed by atoms with Crippen LogP contribution < -0.4 is 5.73 Å².